The summed E-state index contributed by atoms with van der Waals surface area (Å²) >= 11 is 0. The number of para-hydroxylation sites is 1. The fraction of sp³-hybridized carbons (Fsp3) is 0.0909. The molecule has 1 aromatic heterocycles. The molecule has 0 aliphatic heterocycles. The lowest BCUT2D eigenvalue weighted by atomic mass is 10.2. The highest BCUT2D eigenvalue weighted by Gasteiger charge is 2.14. The maximum absolute atomic E-state index is 11.9. The molecule has 0 aliphatic carbocycles. The van der Waals surface area contributed by atoms with Crippen LogP contribution in [-0.2, 0) is 15.8 Å². The minimum Gasteiger partial charge on any atom is -0.398 e. The number of nitrogens with one attached hydrogen (secondary N) is 2. The number of aromatic amines is 1. The van der Waals surface area contributed by atoms with E-state index in [0.717, 1.165) is 0 Å². The van der Waals surface area contributed by atoms with Crippen LogP contribution in [0.3, 0.4) is 0 Å². The van der Waals surface area contributed by atoms with Crippen LogP contribution in [0.2, 0.25) is 0 Å². The minimum absolute atomic E-state index is 0.0501. The van der Waals surface area contributed by atoms with Gasteiger partial charge in [0.2, 0.25) is 10.0 Å². The second-order valence-electron chi connectivity index (χ2n) is 3.87. The van der Waals surface area contributed by atoms with Crippen molar-refractivity contribution in [3.05, 3.63) is 52.3 Å². The molecule has 0 bridgehead atoms. The number of aromatic nitrogens is 2. The summed E-state index contributed by atoms with van der Waals surface area (Å²) in [5.41, 5.74) is 6.18. The first-order valence-electron chi connectivity index (χ1n) is 5.36. The molecule has 8 heteroatoms. The van der Waals surface area contributed by atoms with Gasteiger partial charge in [-0.1, -0.05) is 18.2 Å². The van der Waals surface area contributed by atoms with Gasteiger partial charge in [0.05, 0.1) is 5.75 Å². The average molecular weight is 280 g/mol. The van der Waals surface area contributed by atoms with Crippen molar-refractivity contribution in [2.45, 2.75) is 5.75 Å². The van der Waals surface area contributed by atoms with Gasteiger partial charge in [-0.05, 0) is 17.7 Å². The maximum atomic E-state index is 11.9. The topological polar surface area (TPSA) is 118 Å². The highest BCUT2D eigenvalue weighted by Crippen LogP contribution is 2.15. The molecule has 19 heavy (non-hydrogen) atoms. The summed E-state index contributed by atoms with van der Waals surface area (Å²) in [6.45, 7) is 0. The van der Waals surface area contributed by atoms with E-state index in [4.69, 9.17) is 5.73 Å². The predicted molar refractivity (Wildman–Crippen MR) is 72.0 cm³/mol. The van der Waals surface area contributed by atoms with Crippen molar-refractivity contribution in [2.75, 3.05) is 10.5 Å². The number of hydrogen-bond donors (Lipinski definition) is 3. The van der Waals surface area contributed by atoms with Gasteiger partial charge in [-0.3, -0.25) is 9.52 Å². The molecular weight excluding hydrogens is 268 g/mol. The van der Waals surface area contributed by atoms with Crippen LogP contribution in [0.25, 0.3) is 0 Å². The Balaban J connectivity index is 2.17. The van der Waals surface area contributed by atoms with E-state index in [1.165, 1.54) is 12.1 Å². The molecule has 0 amide bonds. The Hall–Kier alpha value is -2.35. The molecule has 0 spiro atoms. The van der Waals surface area contributed by atoms with Gasteiger partial charge in [-0.15, -0.1) is 0 Å². The Labute approximate surface area is 109 Å². The smallest absolute Gasteiger partial charge is 0.264 e. The monoisotopic (exact) mass is 280 g/mol. The average Bonchev–Trinajstić information content (AvgIpc) is 2.35. The zero-order chi connectivity index (χ0) is 13.9. The molecular formula is C11H12N4O3S. The molecule has 0 saturated heterocycles. The van der Waals surface area contributed by atoms with Crippen molar-refractivity contribution in [3.63, 3.8) is 0 Å². The first kappa shape index (κ1) is 13.1. The highest BCUT2D eigenvalue weighted by atomic mass is 32.2. The highest BCUT2D eigenvalue weighted by molar-refractivity contribution is 7.91. The summed E-state index contributed by atoms with van der Waals surface area (Å²) < 4.78 is 26.1. The van der Waals surface area contributed by atoms with Gasteiger partial charge in [0.25, 0.3) is 5.56 Å². The van der Waals surface area contributed by atoms with Crippen LogP contribution in [0, 0.1) is 0 Å². The summed E-state index contributed by atoms with van der Waals surface area (Å²) in [6.07, 6.45) is 0. The van der Waals surface area contributed by atoms with Crippen LogP contribution in [0.15, 0.2) is 41.2 Å². The number of anilines is 2. The van der Waals surface area contributed by atoms with E-state index in [0.29, 0.717) is 11.3 Å². The number of nitrogens with zero attached hydrogens (tertiary/aromatic N) is 1. The largest absolute Gasteiger partial charge is 0.398 e. The van der Waals surface area contributed by atoms with Crippen molar-refractivity contribution in [3.8, 4) is 0 Å². The second-order valence-corrected chi connectivity index (χ2v) is 5.59. The summed E-state index contributed by atoms with van der Waals surface area (Å²) in [6, 6.07) is 9.16. The van der Waals surface area contributed by atoms with E-state index in [1.807, 2.05) is 0 Å². The molecule has 0 radical (unpaired) electrons. The lowest BCUT2D eigenvalue weighted by Crippen LogP contribution is -2.18. The maximum Gasteiger partial charge on any atom is 0.264 e. The van der Waals surface area contributed by atoms with Crippen LogP contribution in [0.5, 0.6) is 0 Å². The Morgan fingerprint density at radius 2 is 1.95 bits per heavy atom. The molecule has 1 heterocycles. The summed E-state index contributed by atoms with van der Waals surface area (Å²) in [7, 11) is -3.64. The number of hydrogen-bond acceptors (Lipinski definition) is 5. The SMILES string of the molecule is Nc1ccccc1CS(=O)(=O)Nc1ccc(=O)[nH]n1. The number of benzene rings is 1. The molecule has 100 valence electrons. The third-order valence-corrected chi connectivity index (χ3v) is 3.55. The molecule has 1 aromatic carbocycles. The summed E-state index contributed by atoms with van der Waals surface area (Å²) in [5.74, 6) is -0.213. The van der Waals surface area contributed by atoms with Crippen molar-refractivity contribution < 1.29 is 8.42 Å². The molecule has 0 unspecified atom stereocenters. The van der Waals surface area contributed by atoms with Crippen molar-refractivity contribution in [1.82, 2.24) is 10.2 Å². The lowest BCUT2D eigenvalue weighted by Gasteiger charge is -2.08. The molecule has 0 fully saturated rings. The van der Waals surface area contributed by atoms with E-state index in [2.05, 4.69) is 14.9 Å². The van der Waals surface area contributed by atoms with Crippen LogP contribution >= 0.6 is 0 Å². The Morgan fingerprint density at radius 1 is 1.21 bits per heavy atom. The number of sulfonamides is 1. The zero-order valence-electron chi connectivity index (χ0n) is 9.83. The van der Waals surface area contributed by atoms with E-state index in [9.17, 15) is 13.2 Å². The van der Waals surface area contributed by atoms with E-state index in [1.54, 1.807) is 24.3 Å². The van der Waals surface area contributed by atoms with Gasteiger partial charge in [0, 0.05) is 11.8 Å². The molecule has 4 N–H and O–H groups in total. The van der Waals surface area contributed by atoms with Gasteiger partial charge in [0.1, 0.15) is 0 Å². The second kappa shape index (κ2) is 5.11. The van der Waals surface area contributed by atoms with Crippen molar-refractivity contribution >= 4 is 21.5 Å². The van der Waals surface area contributed by atoms with E-state index >= 15 is 0 Å². The fourth-order valence-corrected chi connectivity index (χ4v) is 2.64. The zero-order valence-corrected chi connectivity index (χ0v) is 10.6. The lowest BCUT2D eigenvalue weighted by molar-refractivity contribution is 0.600. The van der Waals surface area contributed by atoms with Crippen LogP contribution in [0.4, 0.5) is 11.5 Å². The minimum atomic E-state index is -3.64. The van der Waals surface area contributed by atoms with Gasteiger partial charge >= 0.3 is 0 Å². The molecule has 0 atom stereocenters. The standard InChI is InChI=1S/C11H12N4O3S/c12-9-4-2-1-3-8(9)7-19(17,18)15-10-5-6-11(16)14-13-10/h1-6H,7,12H2,(H,13,15)(H,14,16). The predicted octanol–water partition coefficient (Wildman–Crippen LogP) is 0.294. The molecule has 0 aliphatic rings. The van der Waals surface area contributed by atoms with Crippen LogP contribution in [0.1, 0.15) is 5.56 Å². The van der Waals surface area contributed by atoms with Crippen LogP contribution < -0.4 is 16.0 Å². The molecule has 7 nitrogen and oxygen atoms in total. The van der Waals surface area contributed by atoms with Gasteiger partial charge in [-0.2, -0.15) is 5.10 Å². The summed E-state index contributed by atoms with van der Waals surface area (Å²) in [5, 5.41) is 5.71. The summed E-state index contributed by atoms with van der Waals surface area (Å²) in [4.78, 5) is 10.8. The third-order valence-electron chi connectivity index (χ3n) is 2.34. The third kappa shape index (κ3) is 3.55. The quantitative estimate of drug-likeness (QED) is 0.696. The first-order valence-corrected chi connectivity index (χ1v) is 7.01. The number of H-pyrrole nitrogens is 1. The number of nitrogens with two attached hydrogens (primary N) is 1. The molecule has 0 saturated carbocycles. The Morgan fingerprint density at radius 3 is 2.58 bits per heavy atom. The van der Waals surface area contributed by atoms with E-state index < -0.39 is 15.6 Å². The number of rotatable bonds is 4. The van der Waals surface area contributed by atoms with Crippen molar-refractivity contribution in [1.29, 1.82) is 0 Å². The molecule has 2 aromatic rings. The molecule has 2 rings (SSSR count). The number of nitrogen functional groups attached to an aromatic ring is 1. The van der Waals surface area contributed by atoms with Gasteiger partial charge < -0.3 is 5.73 Å². The van der Waals surface area contributed by atoms with E-state index in [-0.39, 0.29) is 11.6 Å². The van der Waals surface area contributed by atoms with Gasteiger partial charge in [0.15, 0.2) is 5.82 Å². The van der Waals surface area contributed by atoms with Gasteiger partial charge in [-0.25, -0.2) is 13.5 Å². The Kier molecular flexibility index (Phi) is 3.52. The normalized spacial score (nSPS) is 11.2. The van der Waals surface area contributed by atoms with Crippen LogP contribution in [-0.4, -0.2) is 18.6 Å². The van der Waals surface area contributed by atoms with Crippen molar-refractivity contribution in [2.24, 2.45) is 0 Å². The fourth-order valence-electron chi connectivity index (χ4n) is 1.47. The first-order chi connectivity index (χ1) is 8.96. The Bertz CT molecular complexity index is 719.